The summed E-state index contributed by atoms with van der Waals surface area (Å²) in [5.74, 6) is -0.992. The average Bonchev–Trinajstić information content (AvgIpc) is 2.66. The van der Waals surface area contributed by atoms with Crippen molar-refractivity contribution < 1.29 is 14.4 Å². The summed E-state index contributed by atoms with van der Waals surface area (Å²) in [5.41, 5.74) is 7.08. The Kier molecular flexibility index (Phi) is 4.58. The predicted molar refractivity (Wildman–Crippen MR) is 62.7 cm³/mol. The number of aromatic nitrogens is 1. The number of carbonyl (C=O) groups is 2. The van der Waals surface area contributed by atoms with Gasteiger partial charge >= 0.3 is 0 Å². The SMILES string of the molecule is CC(C)ON=C(C([NH])=O)c1csc(NC=O)n1. The Morgan fingerprint density at radius 2 is 2.41 bits per heavy atom. The highest BCUT2D eigenvalue weighted by molar-refractivity contribution is 7.14. The van der Waals surface area contributed by atoms with Gasteiger partial charge in [0.25, 0.3) is 5.91 Å². The van der Waals surface area contributed by atoms with Gasteiger partial charge in [0.2, 0.25) is 6.41 Å². The summed E-state index contributed by atoms with van der Waals surface area (Å²) in [6, 6.07) is 0. The van der Waals surface area contributed by atoms with Crippen LogP contribution in [-0.2, 0) is 14.4 Å². The van der Waals surface area contributed by atoms with Gasteiger partial charge in [-0.25, -0.2) is 4.98 Å². The summed E-state index contributed by atoms with van der Waals surface area (Å²) in [6.45, 7) is 3.49. The number of anilines is 1. The molecule has 1 aromatic heterocycles. The zero-order valence-corrected chi connectivity index (χ0v) is 10.1. The Hall–Kier alpha value is -1.96. The molecule has 0 spiro atoms. The van der Waals surface area contributed by atoms with Gasteiger partial charge in [-0.15, -0.1) is 11.3 Å². The zero-order chi connectivity index (χ0) is 12.8. The minimum atomic E-state index is -0.992. The number of hydrogen-bond donors (Lipinski definition) is 1. The van der Waals surface area contributed by atoms with Crippen LogP contribution in [0.15, 0.2) is 10.5 Å². The van der Waals surface area contributed by atoms with Gasteiger partial charge in [0.05, 0.1) is 0 Å². The lowest BCUT2D eigenvalue weighted by Gasteiger charge is -2.03. The highest BCUT2D eigenvalue weighted by Gasteiger charge is 2.16. The van der Waals surface area contributed by atoms with E-state index in [2.05, 4.69) is 15.5 Å². The van der Waals surface area contributed by atoms with E-state index in [9.17, 15) is 9.59 Å². The number of amides is 2. The van der Waals surface area contributed by atoms with Crippen LogP contribution in [0.4, 0.5) is 5.13 Å². The molecule has 7 nitrogen and oxygen atoms in total. The molecule has 0 atom stereocenters. The van der Waals surface area contributed by atoms with Gasteiger partial charge in [-0.3, -0.25) is 15.3 Å². The molecule has 0 saturated carbocycles. The Morgan fingerprint density at radius 1 is 1.71 bits per heavy atom. The van der Waals surface area contributed by atoms with Gasteiger partial charge in [0, 0.05) is 5.38 Å². The second-order valence-electron chi connectivity index (χ2n) is 3.22. The summed E-state index contributed by atoms with van der Waals surface area (Å²) < 4.78 is 0. The number of thiazole rings is 1. The van der Waals surface area contributed by atoms with Crippen LogP contribution in [0.5, 0.6) is 0 Å². The van der Waals surface area contributed by atoms with E-state index in [-0.39, 0.29) is 17.5 Å². The molecule has 0 aliphatic carbocycles. The molecule has 2 amide bonds. The number of carbonyl (C=O) groups excluding carboxylic acids is 2. The Labute approximate surface area is 102 Å². The number of oxime groups is 1. The molecule has 0 saturated heterocycles. The summed E-state index contributed by atoms with van der Waals surface area (Å²) in [4.78, 5) is 30.1. The van der Waals surface area contributed by atoms with E-state index in [1.165, 1.54) is 5.38 Å². The third-order valence-electron chi connectivity index (χ3n) is 1.50. The maximum Gasteiger partial charge on any atom is 0.294 e. The fourth-order valence-electron chi connectivity index (χ4n) is 0.862. The molecule has 0 aromatic carbocycles. The van der Waals surface area contributed by atoms with Gasteiger partial charge in [-0.05, 0) is 13.8 Å². The molecule has 0 fully saturated rings. The van der Waals surface area contributed by atoms with Gasteiger partial charge in [-0.2, -0.15) is 0 Å². The Morgan fingerprint density at radius 3 is 2.94 bits per heavy atom. The van der Waals surface area contributed by atoms with Crippen LogP contribution < -0.4 is 11.1 Å². The number of nitrogens with one attached hydrogen (secondary N) is 2. The van der Waals surface area contributed by atoms with Crippen molar-refractivity contribution in [2.24, 2.45) is 5.16 Å². The van der Waals surface area contributed by atoms with Crippen molar-refractivity contribution in [2.75, 3.05) is 5.32 Å². The smallest absolute Gasteiger partial charge is 0.294 e. The van der Waals surface area contributed by atoms with Crippen molar-refractivity contribution in [1.29, 1.82) is 0 Å². The van der Waals surface area contributed by atoms with Crippen molar-refractivity contribution in [3.05, 3.63) is 11.1 Å². The molecule has 2 N–H and O–H groups in total. The van der Waals surface area contributed by atoms with Crippen LogP contribution in [0.3, 0.4) is 0 Å². The average molecular weight is 255 g/mol. The van der Waals surface area contributed by atoms with E-state index >= 15 is 0 Å². The van der Waals surface area contributed by atoms with E-state index in [0.29, 0.717) is 11.5 Å². The molecule has 8 heteroatoms. The van der Waals surface area contributed by atoms with E-state index in [1.54, 1.807) is 13.8 Å². The minimum absolute atomic E-state index is 0.186. The van der Waals surface area contributed by atoms with Crippen molar-refractivity contribution in [2.45, 2.75) is 20.0 Å². The van der Waals surface area contributed by atoms with Crippen molar-refractivity contribution in [3.8, 4) is 0 Å². The first-order chi connectivity index (χ1) is 8.04. The lowest BCUT2D eigenvalue weighted by atomic mass is 10.3. The van der Waals surface area contributed by atoms with E-state index in [0.717, 1.165) is 11.3 Å². The standard InChI is InChI=1S/C9H11N4O3S/c1-5(2)16-13-7(8(10)15)6-3-17-9(12-6)11-4-14/h3-5,10H,1-2H3,(H,11,12,14). The molecule has 0 aliphatic heterocycles. The summed E-state index contributed by atoms with van der Waals surface area (Å²) in [5, 5.41) is 7.76. The second kappa shape index (κ2) is 5.94. The molecule has 0 bridgehead atoms. The monoisotopic (exact) mass is 255 g/mol. The minimum Gasteiger partial charge on any atom is -0.392 e. The van der Waals surface area contributed by atoms with Crippen LogP contribution >= 0.6 is 11.3 Å². The largest absolute Gasteiger partial charge is 0.392 e. The first-order valence-corrected chi connectivity index (χ1v) is 5.58. The first kappa shape index (κ1) is 13.1. The van der Waals surface area contributed by atoms with Crippen molar-refractivity contribution >= 4 is 34.5 Å². The third-order valence-corrected chi connectivity index (χ3v) is 2.27. The van der Waals surface area contributed by atoms with Crippen LogP contribution in [0.25, 0.3) is 0 Å². The van der Waals surface area contributed by atoms with Gasteiger partial charge in [0.15, 0.2) is 10.8 Å². The molecular weight excluding hydrogens is 244 g/mol. The summed E-state index contributed by atoms with van der Waals surface area (Å²) in [6.07, 6.45) is 0.280. The number of rotatable bonds is 6. The van der Waals surface area contributed by atoms with Crippen molar-refractivity contribution in [1.82, 2.24) is 10.7 Å². The van der Waals surface area contributed by atoms with Gasteiger partial charge in [-0.1, -0.05) is 5.16 Å². The molecule has 1 rings (SSSR count). The normalized spacial score (nSPS) is 11.4. The fraction of sp³-hybridized carbons (Fsp3) is 0.333. The zero-order valence-electron chi connectivity index (χ0n) is 9.26. The van der Waals surface area contributed by atoms with E-state index in [4.69, 9.17) is 10.6 Å². The quantitative estimate of drug-likeness (QED) is 0.457. The maximum absolute atomic E-state index is 11.1. The van der Waals surface area contributed by atoms with Gasteiger partial charge in [0.1, 0.15) is 11.8 Å². The lowest BCUT2D eigenvalue weighted by Crippen LogP contribution is -2.18. The fourth-order valence-corrected chi connectivity index (χ4v) is 1.52. The van der Waals surface area contributed by atoms with Gasteiger partial charge < -0.3 is 10.2 Å². The maximum atomic E-state index is 11.1. The third kappa shape index (κ3) is 3.83. The van der Waals surface area contributed by atoms with E-state index < -0.39 is 5.91 Å². The second-order valence-corrected chi connectivity index (χ2v) is 4.08. The molecule has 0 unspecified atom stereocenters. The first-order valence-electron chi connectivity index (χ1n) is 4.70. The highest BCUT2D eigenvalue weighted by Crippen LogP contribution is 2.15. The number of nitrogens with zero attached hydrogens (tertiary/aromatic N) is 2. The molecule has 17 heavy (non-hydrogen) atoms. The Bertz CT molecular complexity index is 441. The molecule has 0 aliphatic rings. The highest BCUT2D eigenvalue weighted by atomic mass is 32.1. The van der Waals surface area contributed by atoms with Crippen LogP contribution in [0.1, 0.15) is 19.5 Å². The van der Waals surface area contributed by atoms with Crippen molar-refractivity contribution in [3.63, 3.8) is 0 Å². The van der Waals surface area contributed by atoms with E-state index in [1.807, 2.05) is 0 Å². The topological polar surface area (TPSA) is 104 Å². The van der Waals surface area contributed by atoms with Crippen LogP contribution in [0.2, 0.25) is 0 Å². The lowest BCUT2D eigenvalue weighted by molar-refractivity contribution is -0.112. The van der Waals surface area contributed by atoms with Crippen LogP contribution in [0, 0.1) is 0 Å². The number of hydrogen-bond acceptors (Lipinski definition) is 6. The molecule has 1 heterocycles. The molecular formula is C9H11N4O3S. The molecule has 1 aromatic rings. The Balaban J connectivity index is 2.93. The summed E-state index contributed by atoms with van der Waals surface area (Å²) >= 11 is 1.13. The van der Waals surface area contributed by atoms with Crippen LogP contribution in [-0.4, -0.2) is 29.1 Å². The predicted octanol–water partition coefficient (Wildman–Crippen LogP) is 0.650. The summed E-state index contributed by atoms with van der Waals surface area (Å²) in [7, 11) is 0. The molecule has 1 radical (unpaired) electrons. The molecule has 91 valence electrons.